The number of benzene rings is 2. The predicted molar refractivity (Wildman–Crippen MR) is 103 cm³/mol. The number of aryl methyl sites for hydroxylation is 1. The molecule has 6 heteroatoms. The molecule has 0 aliphatic carbocycles. The van der Waals surface area contributed by atoms with E-state index in [1.807, 2.05) is 6.92 Å². The van der Waals surface area contributed by atoms with Crippen LogP contribution in [0.15, 0.2) is 53.3 Å². The van der Waals surface area contributed by atoms with Gasteiger partial charge in [-0.1, -0.05) is 43.7 Å². The average molecular weight is 367 g/mol. The molecule has 0 radical (unpaired) electrons. The summed E-state index contributed by atoms with van der Waals surface area (Å²) in [7, 11) is 0. The number of carbonyl (C=O) groups excluding carboxylic acids is 1. The largest absolute Gasteiger partial charge is 0.350 e. The molecule has 1 aromatic heterocycles. The summed E-state index contributed by atoms with van der Waals surface area (Å²) in [6, 6.07) is 13.2. The van der Waals surface area contributed by atoms with Crippen molar-refractivity contribution in [1.29, 1.82) is 0 Å². The molecule has 3 rings (SSSR count). The average Bonchev–Trinajstić information content (AvgIpc) is 2.69. The van der Waals surface area contributed by atoms with E-state index >= 15 is 0 Å². The first-order chi connectivity index (χ1) is 13.1. The Balaban J connectivity index is 1.81. The summed E-state index contributed by atoms with van der Waals surface area (Å²) in [5, 5.41) is 8.21. The lowest BCUT2D eigenvalue weighted by molar-refractivity contribution is 0.0948. The second-order valence-electron chi connectivity index (χ2n) is 6.41. The Morgan fingerprint density at radius 2 is 1.81 bits per heavy atom. The van der Waals surface area contributed by atoms with Gasteiger partial charge in [0.25, 0.3) is 11.5 Å². The Labute approximate surface area is 156 Å². The van der Waals surface area contributed by atoms with Gasteiger partial charge in [-0.25, -0.2) is 9.07 Å². The van der Waals surface area contributed by atoms with Crippen LogP contribution in [0.25, 0.3) is 10.8 Å². The number of rotatable bonds is 7. The Morgan fingerprint density at radius 3 is 2.52 bits per heavy atom. The first-order valence-electron chi connectivity index (χ1n) is 9.12. The number of nitrogens with zero attached hydrogens (tertiary/aromatic N) is 2. The molecule has 0 saturated carbocycles. The van der Waals surface area contributed by atoms with Gasteiger partial charge in [0.15, 0.2) is 5.69 Å². The van der Waals surface area contributed by atoms with Gasteiger partial charge in [-0.15, -0.1) is 0 Å². The monoisotopic (exact) mass is 367 g/mol. The van der Waals surface area contributed by atoms with Gasteiger partial charge in [0.05, 0.1) is 5.39 Å². The van der Waals surface area contributed by atoms with Gasteiger partial charge in [0.1, 0.15) is 5.82 Å². The summed E-state index contributed by atoms with van der Waals surface area (Å²) >= 11 is 0. The van der Waals surface area contributed by atoms with Crippen LogP contribution in [-0.2, 0) is 13.0 Å². The predicted octanol–water partition coefficient (Wildman–Crippen LogP) is 3.31. The second kappa shape index (κ2) is 8.58. The molecule has 27 heavy (non-hydrogen) atoms. The van der Waals surface area contributed by atoms with Crippen LogP contribution in [-0.4, -0.2) is 22.2 Å². The molecule has 0 fully saturated rings. The number of unbranched alkanes of at least 4 members (excludes halogenated alkanes) is 1. The molecule has 1 heterocycles. The minimum Gasteiger partial charge on any atom is -0.350 e. The van der Waals surface area contributed by atoms with E-state index in [0.29, 0.717) is 30.3 Å². The van der Waals surface area contributed by atoms with E-state index in [1.54, 1.807) is 36.4 Å². The zero-order valence-corrected chi connectivity index (χ0v) is 15.2. The zero-order chi connectivity index (χ0) is 19.2. The molecule has 3 aromatic rings. The molecule has 2 aromatic carbocycles. The smallest absolute Gasteiger partial charge is 0.274 e. The number of halogens is 1. The van der Waals surface area contributed by atoms with Gasteiger partial charge in [-0.3, -0.25) is 9.59 Å². The van der Waals surface area contributed by atoms with Crippen LogP contribution in [0.5, 0.6) is 0 Å². The van der Waals surface area contributed by atoms with Gasteiger partial charge >= 0.3 is 0 Å². The third kappa shape index (κ3) is 4.39. The van der Waals surface area contributed by atoms with Crippen LogP contribution < -0.4 is 10.9 Å². The first kappa shape index (κ1) is 18.8. The van der Waals surface area contributed by atoms with Gasteiger partial charge in [0, 0.05) is 18.5 Å². The molecule has 0 unspecified atom stereocenters. The third-order valence-corrected chi connectivity index (χ3v) is 4.42. The SMILES string of the molecule is CCCCn1nc(C(=O)NCCc2ccc(F)cc2)c2ccccc2c1=O. The fourth-order valence-electron chi connectivity index (χ4n) is 2.92. The van der Waals surface area contributed by atoms with Gasteiger partial charge in [-0.05, 0) is 36.6 Å². The highest BCUT2D eigenvalue weighted by Crippen LogP contribution is 2.13. The fourth-order valence-corrected chi connectivity index (χ4v) is 2.92. The van der Waals surface area contributed by atoms with E-state index in [0.717, 1.165) is 18.4 Å². The van der Waals surface area contributed by atoms with E-state index in [2.05, 4.69) is 10.4 Å². The number of hydrogen-bond donors (Lipinski definition) is 1. The Bertz CT molecular complexity index is 996. The van der Waals surface area contributed by atoms with Crippen molar-refractivity contribution in [2.24, 2.45) is 0 Å². The lowest BCUT2D eigenvalue weighted by Gasteiger charge is -2.11. The molecule has 0 aliphatic rings. The Morgan fingerprint density at radius 1 is 1.11 bits per heavy atom. The van der Waals surface area contributed by atoms with Crippen molar-refractivity contribution in [2.45, 2.75) is 32.7 Å². The number of nitrogens with one attached hydrogen (secondary N) is 1. The quantitative estimate of drug-likeness (QED) is 0.697. The van der Waals surface area contributed by atoms with Crippen molar-refractivity contribution in [3.05, 3.63) is 76.0 Å². The summed E-state index contributed by atoms with van der Waals surface area (Å²) < 4.78 is 14.3. The van der Waals surface area contributed by atoms with E-state index in [9.17, 15) is 14.0 Å². The number of aromatic nitrogens is 2. The van der Waals surface area contributed by atoms with Gasteiger partial charge < -0.3 is 5.32 Å². The highest BCUT2D eigenvalue weighted by atomic mass is 19.1. The minimum absolute atomic E-state index is 0.179. The Hall–Kier alpha value is -3.02. The van der Waals surface area contributed by atoms with E-state index < -0.39 is 0 Å². The van der Waals surface area contributed by atoms with Gasteiger partial charge in [-0.2, -0.15) is 5.10 Å². The molecule has 0 atom stereocenters. The molecular weight excluding hydrogens is 345 g/mol. The first-order valence-corrected chi connectivity index (χ1v) is 9.12. The van der Waals surface area contributed by atoms with E-state index in [-0.39, 0.29) is 23.0 Å². The minimum atomic E-state index is -0.321. The molecular formula is C21H22FN3O2. The molecule has 1 N–H and O–H groups in total. The topological polar surface area (TPSA) is 64.0 Å². The highest BCUT2D eigenvalue weighted by molar-refractivity contribution is 6.04. The maximum atomic E-state index is 13.0. The maximum absolute atomic E-state index is 13.0. The highest BCUT2D eigenvalue weighted by Gasteiger charge is 2.16. The van der Waals surface area contributed by atoms with Crippen LogP contribution in [0.1, 0.15) is 35.8 Å². The zero-order valence-electron chi connectivity index (χ0n) is 15.2. The number of amides is 1. The number of hydrogen-bond acceptors (Lipinski definition) is 3. The summed E-state index contributed by atoms with van der Waals surface area (Å²) in [6.45, 7) is 2.92. The van der Waals surface area contributed by atoms with Gasteiger partial charge in [0.2, 0.25) is 0 Å². The third-order valence-electron chi connectivity index (χ3n) is 4.42. The summed E-state index contributed by atoms with van der Waals surface area (Å²) in [6.07, 6.45) is 2.33. The van der Waals surface area contributed by atoms with Crippen molar-refractivity contribution in [2.75, 3.05) is 6.54 Å². The molecule has 0 spiro atoms. The van der Waals surface area contributed by atoms with Crippen molar-refractivity contribution in [3.63, 3.8) is 0 Å². The molecule has 0 saturated heterocycles. The van der Waals surface area contributed by atoms with Crippen LogP contribution >= 0.6 is 0 Å². The summed E-state index contributed by atoms with van der Waals surface area (Å²) in [5.41, 5.74) is 1.00. The van der Waals surface area contributed by atoms with Crippen LogP contribution in [0.2, 0.25) is 0 Å². The number of fused-ring (bicyclic) bond motifs is 1. The normalized spacial score (nSPS) is 10.9. The summed E-state index contributed by atoms with van der Waals surface area (Å²) in [4.78, 5) is 25.3. The Kier molecular flexibility index (Phi) is 5.96. The van der Waals surface area contributed by atoms with Crippen molar-refractivity contribution in [1.82, 2.24) is 15.1 Å². The fraction of sp³-hybridized carbons (Fsp3) is 0.286. The van der Waals surface area contributed by atoms with Crippen LogP contribution in [0.3, 0.4) is 0 Å². The van der Waals surface area contributed by atoms with E-state index in [1.165, 1.54) is 16.8 Å². The molecule has 0 bridgehead atoms. The second-order valence-corrected chi connectivity index (χ2v) is 6.41. The van der Waals surface area contributed by atoms with Crippen LogP contribution in [0.4, 0.5) is 4.39 Å². The van der Waals surface area contributed by atoms with Crippen molar-refractivity contribution in [3.8, 4) is 0 Å². The van der Waals surface area contributed by atoms with Crippen LogP contribution in [0, 0.1) is 5.82 Å². The lowest BCUT2D eigenvalue weighted by atomic mass is 10.1. The van der Waals surface area contributed by atoms with Crippen molar-refractivity contribution < 1.29 is 9.18 Å². The van der Waals surface area contributed by atoms with E-state index in [4.69, 9.17) is 0 Å². The molecule has 0 aliphatic heterocycles. The lowest BCUT2D eigenvalue weighted by Crippen LogP contribution is -2.31. The molecule has 1 amide bonds. The number of carbonyl (C=O) groups is 1. The maximum Gasteiger partial charge on any atom is 0.274 e. The molecule has 140 valence electrons. The van der Waals surface area contributed by atoms with Crippen molar-refractivity contribution >= 4 is 16.7 Å². The standard InChI is InChI=1S/C21H22FN3O2/c1-2-3-14-25-21(27)18-7-5-4-6-17(18)19(24-25)20(26)23-13-12-15-8-10-16(22)11-9-15/h4-11H,2-3,12-14H2,1H3,(H,23,26). The summed E-state index contributed by atoms with van der Waals surface area (Å²) in [5.74, 6) is -0.605. The molecule has 5 nitrogen and oxygen atoms in total.